The quantitative estimate of drug-likeness (QED) is 0.707. The van der Waals surface area contributed by atoms with Crippen LogP contribution in [0.15, 0.2) is 16.9 Å². The summed E-state index contributed by atoms with van der Waals surface area (Å²) in [7, 11) is 0. The highest BCUT2D eigenvalue weighted by molar-refractivity contribution is 5.42. The van der Waals surface area contributed by atoms with Crippen LogP contribution in [0.3, 0.4) is 0 Å². The monoisotopic (exact) mass is 248 g/mol. The van der Waals surface area contributed by atoms with Crippen molar-refractivity contribution in [3.8, 4) is 0 Å². The Kier molecular flexibility index (Phi) is 2.75. The Balaban J connectivity index is 1.71. The van der Waals surface area contributed by atoms with E-state index in [1.165, 1.54) is 4.52 Å². The van der Waals surface area contributed by atoms with Gasteiger partial charge in [-0.2, -0.15) is 9.61 Å². The van der Waals surface area contributed by atoms with E-state index in [2.05, 4.69) is 20.6 Å². The molecule has 1 aliphatic carbocycles. The van der Waals surface area contributed by atoms with Gasteiger partial charge in [-0.05, 0) is 37.3 Å². The maximum Gasteiger partial charge on any atom is 0.364 e. The van der Waals surface area contributed by atoms with Crippen molar-refractivity contribution in [3.63, 3.8) is 0 Å². The summed E-state index contributed by atoms with van der Waals surface area (Å²) < 4.78 is 1.25. The van der Waals surface area contributed by atoms with Gasteiger partial charge in [-0.1, -0.05) is 0 Å². The maximum atomic E-state index is 11.4. The summed E-state index contributed by atoms with van der Waals surface area (Å²) >= 11 is 0. The second-order valence-electron chi connectivity index (χ2n) is 4.84. The van der Waals surface area contributed by atoms with Crippen LogP contribution >= 0.6 is 0 Å². The number of hydrogen-bond acceptors (Lipinski definition) is 5. The molecule has 2 atom stereocenters. The normalized spacial score (nSPS) is 23.6. The van der Waals surface area contributed by atoms with E-state index in [0.29, 0.717) is 23.4 Å². The molecule has 2 aromatic heterocycles. The van der Waals surface area contributed by atoms with Crippen LogP contribution in [0.1, 0.15) is 19.3 Å². The minimum atomic E-state index is -0.323. The predicted molar refractivity (Wildman–Crippen MR) is 67.4 cm³/mol. The van der Waals surface area contributed by atoms with Crippen LogP contribution in [0.25, 0.3) is 5.65 Å². The van der Waals surface area contributed by atoms with Crippen LogP contribution in [0.5, 0.6) is 0 Å². The van der Waals surface area contributed by atoms with E-state index in [-0.39, 0.29) is 5.69 Å². The summed E-state index contributed by atoms with van der Waals surface area (Å²) in [6.07, 6.45) is 3.31. The highest BCUT2D eigenvalue weighted by Crippen LogP contribution is 2.24. The average Bonchev–Trinajstić information content (AvgIpc) is 2.94. The Morgan fingerprint density at radius 1 is 1.50 bits per heavy atom. The molecule has 2 heterocycles. The zero-order valence-corrected chi connectivity index (χ0v) is 9.97. The molecule has 1 fully saturated rings. The number of rotatable bonds is 3. The zero-order chi connectivity index (χ0) is 12.5. The van der Waals surface area contributed by atoms with Gasteiger partial charge in [0.1, 0.15) is 5.82 Å². The molecule has 0 radical (unpaired) electrons. The van der Waals surface area contributed by atoms with E-state index in [0.717, 1.165) is 25.8 Å². The van der Waals surface area contributed by atoms with Crippen molar-refractivity contribution >= 4 is 11.5 Å². The number of fused-ring (bicyclic) bond motifs is 1. The minimum absolute atomic E-state index is 0.323. The summed E-state index contributed by atoms with van der Waals surface area (Å²) in [5, 5.41) is 13.6. The molecule has 96 valence electrons. The molecule has 7 heteroatoms. The van der Waals surface area contributed by atoms with Crippen LogP contribution in [0.4, 0.5) is 5.82 Å². The molecule has 3 rings (SSSR count). The van der Waals surface area contributed by atoms with Gasteiger partial charge >= 0.3 is 5.69 Å². The largest absolute Gasteiger partial charge is 0.368 e. The first-order chi connectivity index (χ1) is 8.72. The SMILES string of the molecule is NC1CCC(CNc2ccc3n[nH]c(=O)n3n2)C1. The molecule has 2 aromatic rings. The summed E-state index contributed by atoms with van der Waals surface area (Å²) in [5.41, 5.74) is 6.07. The number of hydrogen-bond donors (Lipinski definition) is 3. The first-order valence-electron chi connectivity index (χ1n) is 6.16. The number of aromatic amines is 1. The number of nitrogens with one attached hydrogen (secondary N) is 2. The second-order valence-corrected chi connectivity index (χ2v) is 4.84. The van der Waals surface area contributed by atoms with Crippen molar-refractivity contribution in [1.29, 1.82) is 0 Å². The lowest BCUT2D eigenvalue weighted by molar-refractivity contribution is 0.564. The third-order valence-electron chi connectivity index (χ3n) is 3.43. The van der Waals surface area contributed by atoms with E-state index < -0.39 is 0 Å². The van der Waals surface area contributed by atoms with Gasteiger partial charge in [-0.25, -0.2) is 9.89 Å². The molecule has 1 saturated carbocycles. The third-order valence-corrected chi connectivity index (χ3v) is 3.43. The molecule has 0 aliphatic heterocycles. The van der Waals surface area contributed by atoms with Crippen LogP contribution in [-0.4, -0.2) is 32.4 Å². The third kappa shape index (κ3) is 2.08. The van der Waals surface area contributed by atoms with Crippen LogP contribution in [-0.2, 0) is 0 Å². The van der Waals surface area contributed by atoms with Crippen molar-refractivity contribution in [2.75, 3.05) is 11.9 Å². The minimum Gasteiger partial charge on any atom is -0.368 e. The fraction of sp³-hybridized carbons (Fsp3) is 0.545. The molecule has 0 spiro atoms. The fourth-order valence-electron chi connectivity index (χ4n) is 2.45. The van der Waals surface area contributed by atoms with Crippen molar-refractivity contribution in [2.45, 2.75) is 25.3 Å². The Hall–Kier alpha value is -1.89. The average molecular weight is 248 g/mol. The van der Waals surface area contributed by atoms with Gasteiger partial charge < -0.3 is 11.1 Å². The Labute approximate surface area is 103 Å². The first kappa shape index (κ1) is 11.2. The smallest absolute Gasteiger partial charge is 0.364 e. The molecule has 18 heavy (non-hydrogen) atoms. The standard InChI is InChI=1S/C11H16N6O/c12-8-2-1-7(5-8)6-13-9-3-4-10-14-15-11(18)17(10)16-9/h3-4,7-8H,1-2,5-6,12H2,(H,13,16)(H,15,18). The summed E-state index contributed by atoms with van der Waals surface area (Å²) in [6, 6.07) is 3.92. The Morgan fingerprint density at radius 2 is 2.39 bits per heavy atom. The molecule has 0 aromatic carbocycles. The molecular weight excluding hydrogens is 232 g/mol. The number of aromatic nitrogens is 4. The summed E-state index contributed by atoms with van der Waals surface area (Å²) in [4.78, 5) is 11.4. The first-order valence-corrected chi connectivity index (χ1v) is 6.16. The second kappa shape index (κ2) is 4.41. The van der Waals surface area contributed by atoms with Crippen LogP contribution in [0.2, 0.25) is 0 Å². The van der Waals surface area contributed by atoms with Crippen LogP contribution < -0.4 is 16.7 Å². The number of anilines is 1. The molecule has 0 amide bonds. The molecular formula is C11H16N6O. The number of nitrogens with zero attached hydrogens (tertiary/aromatic N) is 3. The number of H-pyrrole nitrogens is 1. The summed E-state index contributed by atoms with van der Waals surface area (Å²) in [5.74, 6) is 1.28. The molecule has 0 saturated heterocycles. The maximum absolute atomic E-state index is 11.4. The van der Waals surface area contributed by atoms with Gasteiger partial charge in [0.25, 0.3) is 0 Å². The van der Waals surface area contributed by atoms with Gasteiger partial charge in [0.15, 0.2) is 5.65 Å². The van der Waals surface area contributed by atoms with E-state index in [1.807, 2.05) is 6.07 Å². The van der Waals surface area contributed by atoms with Gasteiger partial charge in [0.05, 0.1) is 0 Å². The zero-order valence-electron chi connectivity index (χ0n) is 9.97. The van der Waals surface area contributed by atoms with Gasteiger partial charge in [-0.15, -0.1) is 5.10 Å². The van der Waals surface area contributed by atoms with E-state index >= 15 is 0 Å². The number of nitrogens with two attached hydrogens (primary N) is 1. The van der Waals surface area contributed by atoms with Crippen molar-refractivity contribution in [3.05, 3.63) is 22.6 Å². The van der Waals surface area contributed by atoms with Crippen molar-refractivity contribution in [1.82, 2.24) is 19.8 Å². The van der Waals surface area contributed by atoms with Crippen molar-refractivity contribution in [2.24, 2.45) is 11.7 Å². The lowest BCUT2D eigenvalue weighted by atomic mass is 10.1. The highest BCUT2D eigenvalue weighted by Gasteiger charge is 2.21. The molecule has 2 unspecified atom stereocenters. The molecule has 7 nitrogen and oxygen atoms in total. The fourth-order valence-corrected chi connectivity index (χ4v) is 2.45. The topological polar surface area (TPSA) is 101 Å². The van der Waals surface area contributed by atoms with Crippen LogP contribution in [0, 0.1) is 5.92 Å². The summed E-state index contributed by atoms with van der Waals surface area (Å²) in [6.45, 7) is 0.846. The highest BCUT2D eigenvalue weighted by atomic mass is 16.2. The van der Waals surface area contributed by atoms with Gasteiger partial charge in [-0.3, -0.25) is 0 Å². The lowest BCUT2D eigenvalue weighted by Crippen LogP contribution is -2.19. The van der Waals surface area contributed by atoms with Gasteiger partial charge in [0, 0.05) is 12.6 Å². The Bertz CT molecular complexity index is 603. The van der Waals surface area contributed by atoms with E-state index in [1.54, 1.807) is 6.07 Å². The predicted octanol–water partition coefficient (Wildman–Crippen LogP) is -0.0431. The molecule has 4 N–H and O–H groups in total. The lowest BCUT2D eigenvalue weighted by Gasteiger charge is -2.11. The van der Waals surface area contributed by atoms with Gasteiger partial charge in [0.2, 0.25) is 0 Å². The Morgan fingerprint density at radius 3 is 3.17 bits per heavy atom. The van der Waals surface area contributed by atoms with E-state index in [4.69, 9.17) is 5.73 Å². The molecule has 0 bridgehead atoms. The van der Waals surface area contributed by atoms with Crippen molar-refractivity contribution < 1.29 is 0 Å². The van der Waals surface area contributed by atoms with E-state index in [9.17, 15) is 4.79 Å². The molecule has 1 aliphatic rings.